The van der Waals surface area contributed by atoms with Crippen LogP contribution in [0.3, 0.4) is 0 Å². The summed E-state index contributed by atoms with van der Waals surface area (Å²) in [4.78, 5) is 48.6. The molecule has 0 bridgehead atoms. The molecule has 0 radical (unpaired) electrons. The molecule has 2 unspecified atom stereocenters. The lowest BCUT2D eigenvalue weighted by molar-refractivity contribution is -0.151. The number of esters is 1. The number of β-lactam (4-membered cyclic amide) rings is 1. The van der Waals surface area contributed by atoms with Gasteiger partial charge in [-0.3, -0.25) is 19.3 Å². The van der Waals surface area contributed by atoms with E-state index in [1.54, 1.807) is 24.3 Å². The largest absolute Gasteiger partial charge is 0.477 e. The predicted molar refractivity (Wildman–Crippen MR) is 101 cm³/mol. The lowest BCUT2D eigenvalue weighted by Crippen LogP contribution is -2.70. The number of fused-ring (bicyclic) bond motifs is 1. The Morgan fingerprint density at radius 3 is 2.79 bits per heavy atom. The molecule has 0 saturated carbocycles. The van der Waals surface area contributed by atoms with E-state index in [9.17, 15) is 24.3 Å². The molecule has 1 fully saturated rings. The minimum atomic E-state index is -1.27. The SMILES string of the molecule is CC(=O)OCC1=C(C(=O)O)N2C(=O)C(NC(=O)Cc3cccc(Cl)c3)C2SC1. The normalized spacial score (nSPS) is 20.9. The lowest BCUT2D eigenvalue weighted by Gasteiger charge is -2.49. The van der Waals surface area contributed by atoms with Crippen molar-refractivity contribution in [2.24, 2.45) is 0 Å². The summed E-state index contributed by atoms with van der Waals surface area (Å²) in [6.45, 7) is 1.03. The number of thioether (sulfide) groups is 1. The molecule has 148 valence electrons. The van der Waals surface area contributed by atoms with Crippen molar-refractivity contribution < 1.29 is 29.0 Å². The van der Waals surface area contributed by atoms with Gasteiger partial charge in [0.25, 0.3) is 5.91 Å². The number of hydrogen-bond acceptors (Lipinski definition) is 6. The molecule has 0 spiro atoms. The second-order valence-corrected chi connectivity index (χ2v) is 7.84. The van der Waals surface area contributed by atoms with Crippen LogP contribution >= 0.6 is 23.4 Å². The van der Waals surface area contributed by atoms with E-state index in [0.29, 0.717) is 16.2 Å². The van der Waals surface area contributed by atoms with Gasteiger partial charge in [0.05, 0.1) is 6.42 Å². The summed E-state index contributed by atoms with van der Waals surface area (Å²) in [5.74, 6) is -2.39. The van der Waals surface area contributed by atoms with Crippen molar-refractivity contribution in [2.75, 3.05) is 12.4 Å². The number of rotatable bonds is 6. The summed E-state index contributed by atoms with van der Waals surface area (Å²) >= 11 is 7.22. The number of benzene rings is 1. The zero-order valence-corrected chi connectivity index (χ0v) is 16.4. The van der Waals surface area contributed by atoms with Crippen LogP contribution in [-0.2, 0) is 30.3 Å². The molecule has 1 aromatic rings. The molecule has 2 aliphatic heterocycles. The van der Waals surface area contributed by atoms with Crippen LogP contribution in [0, 0.1) is 0 Å². The van der Waals surface area contributed by atoms with Crippen LogP contribution in [0.15, 0.2) is 35.5 Å². The minimum absolute atomic E-state index is 0.0566. The maximum Gasteiger partial charge on any atom is 0.352 e. The van der Waals surface area contributed by atoms with Crippen molar-refractivity contribution in [1.29, 1.82) is 0 Å². The molecular formula is C18H17ClN2O6S. The number of nitrogens with one attached hydrogen (secondary N) is 1. The van der Waals surface area contributed by atoms with E-state index in [1.807, 2.05) is 0 Å². The van der Waals surface area contributed by atoms with Crippen LogP contribution in [-0.4, -0.2) is 57.5 Å². The number of ether oxygens (including phenoxy) is 1. The number of amides is 2. The summed E-state index contributed by atoms with van der Waals surface area (Å²) in [6, 6.07) is 6.04. The van der Waals surface area contributed by atoms with E-state index >= 15 is 0 Å². The number of carbonyl (C=O) groups is 4. The van der Waals surface area contributed by atoms with E-state index in [-0.39, 0.29) is 30.4 Å². The number of aliphatic carboxylic acids is 1. The molecule has 2 heterocycles. The summed E-state index contributed by atoms with van der Waals surface area (Å²) in [6.07, 6.45) is 0.0566. The Balaban J connectivity index is 1.68. The molecule has 2 amide bonds. The molecule has 10 heteroatoms. The summed E-state index contributed by atoms with van der Waals surface area (Å²) in [7, 11) is 0. The van der Waals surface area contributed by atoms with Crippen LogP contribution < -0.4 is 5.32 Å². The van der Waals surface area contributed by atoms with Crippen LogP contribution in [0.2, 0.25) is 5.02 Å². The molecule has 1 saturated heterocycles. The number of hydrogen-bond donors (Lipinski definition) is 2. The van der Waals surface area contributed by atoms with Crippen molar-refractivity contribution >= 4 is 47.1 Å². The molecule has 1 aromatic carbocycles. The van der Waals surface area contributed by atoms with E-state index in [2.05, 4.69) is 5.32 Å². The third-order valence-electron chi connectivity index (χ3n) is 4.27. The van der Waals surface area contributed by atoms with E-state index in [0.717, 1.165) is 4.90 Å². The van der Waals surface area contributed by atoms with Crippen molar-refractivity contribution in [1.82, 2.24) is 10.2 Å². The summed E-state index contributed by atoms with van der Waals surface area (Å²) in [5.41, 5.74) is 0.871. The Labute approximate surface area is 169 Å². The fourth-order valence-corrected chi connectivity index (χ4v) is 4.58. The first kappa shape index (κ1) is 20.2. The van der Waals surface area contributed by atoms with Crippen molar-refractivity contribution in [3.8, 4) is 0 Å². The first-order valence-corrected chi connectivity index (χ1v) is 9.77. The molecule has 8 nitrogen and oxygen atoms in total. The van der Waals surface area contributed by atoms with Crippen LogP contribution in [0.25, 0.3) is 0 Å². The van der Waals surface area contributed by atoms with Crippen LogP contribution in [0.5, 0.6) is 0 Å². The van der Waals surface area contributed by atoms with E-state index in [1.165, 1.54) is 18.7 Å². The third kappa shape index (κ3) is 4.15. The molecule has 2 aliphatic rings. The second-order valence-electron chi connectivity index (χ2n) is 6.30. The first-order valence-electron chi connectivity index (χ1n) is 8.35. The average molecular weight is 425 g/mol. The van der Waals surface area contributed by atoms with Crippen molar-refractivity contribution in [2.45, 2.75) is 24.8 Å². The molecule has 28 heavy (non-hydrogen) atoms. The molecule has 0 aliphatic carbocycles. The van der Waals surface area contributed by atoms with Gasteiger partial charge in [0.15, 0.2) is 0 Å². The number of carboxylic acids is 1. The highest BCUT2D eigenvalue weighted by Gasteiger charge is 2.54. The Morgan fingerprint density at radius 1 is 1.39 bits per heavy atom. The Morgan fingerprint density at radius 2 is 2.14 bits per heavy atom. The maximum atomic E-state index is 12.5. The Hall–Kier alpha value is -2.52. The maximum absolute atomic E-state index is 12.5. The van der Waals surface area contributed by atoms with Crippen LogP contribution in [0.4, 0.5) is 0 Å². The van der Waals surface area contributed by atoms with Gasteiger partial charge in [0, 0.05) is 23.3 Å². The van der Waals surface area contributed by atoms with Gasteiger partial charge in [-0.1, -0.05) is 23.7 Å². The quantitative estimate of drug-likeness (QED) is 0.520. The van der Waals surface area contributed by atoms with Crippen molar-refractivity contribution in [3.05, 3.63) is 46.1 Å². The fraction of sp³-hybridized carbons (Fsp3) is 0.333. The highest BCUT2D eigenvalue weighted by Crippen LogP contribution is 2.40. The standard InChI is InChI=1S/C18H17ClN2O6S/c1-9(22)27-7-11-8-28-17-14(16(24)21(17)15(11)18(25)26)20-13(23)6-10-3-2-4-12(19)5-10/h2-5,14,17H,6-8H2,1H3,(H,20,23)(H,25,26). The molecule has 2 N–H and O–H groups in total. The van der Waals surface area contributed by atoms with Gasteiger partial charge in [0.2, 0.25) is 5.91 Å². The van der Waals surface area contributed by atoms with Gasteiger partial charge < -0.3 is 15.2 Å². The van der Waals surface area contributed by atoms with E-state index in [4.69, 9.17) is 16.3 Å². The van der Waals surface area contributed by atoms with Gasteiger partial charge in [-0.25, -0.2) is 4.79 Å². The number of carboxylic acid groups (broad SMARTS) is 1. The Bertz CT molecular complexity index is 887. The van der Waals surface area contributed by atoms with Gasteiger partial charge in [-0.15, -0.1) is 11.8 Å². The van der Waals surface area contributed by atoms with Crippen molar-refractivity contribution in [3.63, 3.8) is 0 Å². The lowest BCUT2D eigenvalue weighted by atomic mass is 10.0. The zero-order chi connectivity index (χ0) is 20.4. The highest BCUT2D eigenvalue weighted by atomic mass is 35.5. The third-order valence-corrected chi connectivity index (χ3v) is 5.84. The molecule has 2 atom stereocenters. The molecule has 0 aromatic heterocycles. The van der Waals surface area contributed by atoms with Gasteiger partial charge in [-0.2, -0.15) is 0 Å². The van der Waals surface area contributed by atoms with Crippen LogP contribution in [0.1, 0.15) is 12.5 Å². The van der Waals surface area contributed by atoms with E-state index < -0.39 is 29.3 Å². The fourth-order valence-electron chi connectivity index (χ4n) is 3.04. The monoisotopic (exact) mass is 424 g/mol. The summed E-state index contributed by atoms with van der Waals surface area (Å²) < 4.78 is 4.88. The minimum Gasteiger partial charge on any atom is -0.477 e. The topological polar surface area (TPSA) is 113 Å². The average Bonchev–Trinajstić information content (AvgIpc) is 2.63. The highest BCUT2D eigenvalue weighted by molar-refractivity contribution is 8.00. The zero-order valence-electron chi connectivity index (χ0n) is 14.8. The predicted octanol–water partition coefficient (Wildman–Crippen LogP) is 1.18. The molecule has 3 rings (SSSR count). The Kier molecular flexibility index (Phi) is 5.95. The first-order chi connectivity index (χ1) is 13.3. The number of nitrogens with zero attached hydrogens (tertiary/aromatic N) is 1. The van der Waals surface area contributed by atoms with Gasteiger partial charge in [-0.05, 0) is 17.7 Å². The van der Waals surface area contributed by atoms with Gasteiger partial charge in [0.1, 0.15) is 23.7 Å². The number of halogens is 1. The smallest absolute Gasteiger partial charge is 0.352 e. The van der Waals surface area contributed by atoms with Gasteiger partial charge >= 0.3 is 11.9 Å². The summed E-state index contributed by atoms with van der Waals surface area (Å²) in [5, 5.41) is 12.2. The molecular weight excluding hydrogens is 408 g/mol. The second kappa shape index (κ2) is 8.24. The number of carbonyl (C=O) groups excluding carboxylic acids is 3.